The number of rotatable bonds is 3. The van der Waals surface area contributed by atoms with E-state index in [1.807, 2.05) is 0 Å². The molecule has 0 spiro atoms. The standard InChI is InChI=1S/C13H15ClN2O3/c14-10-4-7-15-8-9(10)11(17)16-13(12(18)19)5-2-1-3-6-13/h4,7-8H,1-3,5-6H2,(H,16,17)(H,18,19). The Balaban J connectivity index is 2.20. The highest BCUT2D eigenvalue weighted by atomic mass is 35.5. The van der Waals surface area contributed by atoms with Crippen LogP contribution in [-0.4, -0.2) is 27.5 Å². The van der Waals surface area contributed by atoms with Gasteiger partial charge in [0.05, 0.1) is 10.6 Å². The first-order valence-electron chi connectivity index (χ1n) is 6.21. The molecular weight excluding hydrogens is 268 g/mol. The fourth-order valence-corrected chi connectivity index (χ4v) is 2.57. The van der Waals surface area contributed by atoms with E-state index in [9.17, 15) is 14.7 Å². The highest BCUT2D eigenvalue weighted by Crippen LogP contribution is 2.29. The van der Waals surface area contributed by atoms with Crippen LogP contribution in [0.1, 0.15) is 42.5 Å². The van der Waals surface area contributed by atoms with Crippen molar-refractivity contribution in [2.75, 3.05) is 0 Å². The number of hydrogen-bond acceptors (Lipinski definition) is 3. The van der Waals surface area contributed by atoms with Gasteiger partial charge in [0.1, 0.15) is 5.54 Å². The van der Waals surface area contributed by atoms with Gasteiger partial charge in [-0.3, -0.25) is 9.78 Å². The highest BCUT2D eigenvalue weighted by Gasteiger charge is 2.41. The number of carbonyl (C=O) groups is 2. The first kappa shape index (κ1) is 13.8. The number of carbonyl (C=O) groups excluding carboxylic acids is 1. The lowest BCUT2D eigenvalue weighted by molar-refractivity contribution is -0.145. The van der Waals surface area contributed by atoms with Gasteiger partial charge in [-0.05, 0) is 18.9 Å². The minimum atomic E-state index is -1.17. The number of pyridine rings is 1. The van der Waals surface area contributed by atoms with Crippen molar-refractivity contribution in [3.05, 3.63) is 29.0 Å². The Bertz CT molecular complexity index is 498. The molecule has 2 N–H and O–H groups in total. The lowest BCUT2D eigenvalue weighted by atomic mass is 9.81. The normalized spacial score (nSPS) is 17.7. The van der Waals surface area contributed by atoms with Crippen LogP contribution in [-0.2, 0) is 4.79 Å². The van der Waals surface area contributed by atoms with E-state index in [1.165, 1.54) is 18.5 Å². The summed E-state index contributed by atoms with van der Waals surface area (Å²) in [6.45, 7) is 0. The number of amides is 1. The fourth-order valence-electron chi connectivity index (χ4n) is 2.38. The van der Waals surface area contributed by atoms with Crippen LogP contribution in [0, 0.1) is 0 Å². The smallest absolute Gasteiger partial charge is 0.329 e. The van der Waals surface area contributed by atoms with Crippen molar-refractivity contribution >= 4 is 23.5 Å². The van der Waals surface area contributed by atoms with Crippen LogP contribution in [0.5, 0.6) is 0 Å². The van der Waals surface area contributed by atoms with Crippen LogP contribution in [0.2, 0.25) is 5.02 Å². The summed E-state index contributed by atoms with van der Waals surface area (Å²) >= 11 is 5.91. The Morgan fingerprint density at radius 2 is 2.00 bits per heavy atom. The van der Waals surface area contributed by atoms with Crippen LogP contribution in [0.25, 0.3) is 0 Å². The number of halogens is 1. The maximum absolute atomic E-state index is 12.1. The molecule has 1 saturated carbocycles. The second-order valence-corrected chi connectivity index (χ2v) is 5.16. The van der Waals surface area contributed by atoms with Crippen molar-refractivity contribution in [2.45, 2.75) is 37.6 Å². The number of aromatic nitrogens is 1. The monoisotopic (exact) mass is 282 g/mol. The molecule has 0 unspecified atom stereocenters. The van der Waals surface area contributed by atoms with E-state index >= 15 is 0 Å². The topological polar surface area (TPSA) is 79.3 Å². The minimum Gasteiger partial charge on any atom is -0.480 e. The first-order valence-corrected chi connectivity index (χ1v) is 6.58. The van der Waals surface area contributed by atoms with Crippen LogP contribution < -0.4 is 5.32 Å². The Morgan fingerprint density at radius 3 is 2.58 bits per heavy atom. The van der Waals surface area contributed by atoms with E-state index in [0.29, 0.717) is 12.8 Å². The van der Waals surface area contributed by atoms with Gasteiger partial charge in [-0.25, -0.2) is 4.79 Å². The molecule has 102 valence electrons. The molecule has 1 aliphatic carbocycles. The van der Waals surface area contributed by atoms with Gasteiger partial charge < -0.3 is 10.4 Å². The van der Waals surface area contributed by atoms with Gasteiger partial charge in [0, 0.05) is 12.4 Å². The van der Waals surface area contributed by atoms with Crippen LogP contribution in [0.4, 0.5) is 0 Å². The molecule has 6 heteroatoms. The number of carboxylic acid groups (broad SMARTS) is 1. The molecule has 5 nitrogen and oxygen atoms in total. The summed E-state index contributed by atoms with van der Waals surface area (Å²) in [7, 11) is 0. The lowest BCUT2D eigenvalue weighted by Crippen LogP contribution is -2.55. The third-order valence-corrected chi connectivity index (χ3v) is 3.81. The zero-order chi connectivity index (χ0) is 13.9. The molecule has 0 saturated heterocycles. The number of aliphatic carboxylic acids is 1. The predicted octanol–water partition coefficient (Wildman–Crippen LogP) is 2.25. The van der Waals surface area contributed by atoms with E-state index in [-0.39, 0.29) is 10.6 Å². The molecule has 0 atom stereocenters. The van der Waals surface area contributed by atoms with Crippen molar-refractivity contribution < 1.29 is 14.7 Å². The fraction of sp³-hybridized carbons (Fsp3) is 0.462. The van der Waals surface area contributed by atoms with E-state index in [1.54, 1.807) is 0 Å². The minimum absolute atomic E-state index is 0.204. The second-order valence-electron chi connectivity index (χ2n) is 4.76. The first-order chi connectivity index (χ1) is 9.05. The molecule has 0 aromatic carbocycles. The summed E-state index contributed by atoms with van der Waals surface area (Å²) < 4.78 is 0. The Kier molecular flexibility index (Phi) is 4.04. The van der Waals surface area contributed by atoms with Gasteiger partial charge in [-0.1, -0.05) is 30.9 Å². The number of nitrogens with zero attached hydrogens (tertiary/aromatic N) is 1. The predicted molar refractivity (Wildman–Crippen MR) is 70.2 cm³/mol. The van der Waals surface area contributed by atoms with Gasteiger partial charge in [0.2, 0.25) is 0 Å². The summed E-state index contributed by atoms with van der Waals surface area (Å²) in [5.74, 6) is -1.47. The molecule has 1 aromatic rings. The van der Waals surface area contributed by atoms with Crippen molar-refractivity contribution in [1.29, 1.82) is 0 Å². The quantitative estimate of drug-likeness (QED) is 0.891. The number of hydrogen-bond donors (Lipinski definition) is 2. The molecule has 19 heavy (non-hydrogen) atoms. The molecule has 0 bridgehead atoms. The Morgan fingerprint density at radius 1 is 1.32 bits per heavy atom. The van der Waals surface area contributed by atoms with Gasteiger partial charge in [0.25, 0.3) is 5.91 Å². The molecular formula is C13H15ClN2O3. The molecule has 2 rings (SSSR count). The van der Waals surface area contributed by atoms with Crippen LogP contribution >= 0.6 is 11.6 Å². The molecule has 1 amide bonds. The largest absolute Gasteiger partial charge is 0.480 e. The zero-order valence-corrected chi connectivity index (χ0v) is 11.1. The van der Waals surface area contributed by atoms with Gasteiger partial charge in [-0.2, -0.15) is 0 Å². The van der Waals surface area contributed by atoms with E-state index in [2.05, 4.69) is 10.3 Å². The summed E-state index contributed by atoms with van der Waals surface area (Å²) in [5, 5.41) is 12.3. The van der Waals surface area contributed by atoms with Crippen molar-refractivity contribution in [3.63, 3.8) is 0 Å². The van der Waals surface area contributed by atoms with Crippen molar-refractivity contribution in [2.24, 2.45) is 0 Å². The van der Waals surface area contributed by atoms with Crippen molar-refractivity contribution in [3.8, 4) is 0 Å². The van der Waals surface area contributed by atoms with Gasteiger partial charge in [-0.15, -0.1) is 0 Å². The zero-order valence-electron chi connectivity index (χ0n) is 10.4. The molecule has 1 heterocycles. The molecule has 1 fully saturated rings. The maximum Gasteiger partial charge on any atom is 0.329 e. The van der Waals surface area contributed by atoms with Gasteiger partial charge in [0.15, 0.2) is 0 Å². The van der Waals surface area contributed by atoms with Crippen LogP contribution in [0.15, 0.2) is 18.5 Å². The molecule has 0 aliphatic heterocycles. The van der Waals surface area contributed by atoms with E-state index < -0.39 is 17.4 Å². The summed E-state index contributed by atoms with van der Waals surface area (Å²) in [4.78, 5) is 27.4. The number of nitrogens with one attached hydrogen (secondary N) is 1. The Hall–Kier alpha value is -1.62. The second kappa shape index (κ2) is 5.57. The lowest BCUT2D eigenvalue weighted by Gasteiger charge is -2.34. The average molecular weight is 283 g/mol. The molecule has 1 aliphatic rings. The summed E-state index contributed by atoms with van der Waals surface area (Å²) in [6.07, 6.45) is 6.32. The third-order valence-electron chi connectivity index (χ3n) is 3.48. The summed E-state index contributed by atoms with van der Waals surface area (Å²) in [6, 6.07) is 1.50. The van der Waals surface area contributed by atoms with Gasteiger partial charge >= 0.3 is 5.97 Å². The van der Waals surface area contributed by atoms with E-state index in [4.69, 9.17) is 11.6 Å². The Labute approximate surface area is 116 Å². The van der Waals surface area contributed by atoms with Crippen LogP contribution in [0.3, 0.4) is 0 Å². The number of carboxylic acids is 1. The summed E-state index contributed by atoms with van der Waals surface area (Å²) in [5.41, 5.74) is -0.968. The van der Waals surface area contributed by atoms with Crippen molar-refractivity contribution in [1.82, 2.24) is 10.3 Å². The highest BCUT2D eigenvalue weighted by molar-refractivity contribution is 6.33. The maximum atomic E-state index is 12.1. The molecule has 0 radical (unpaired) electrons. The SMILES string of the molecule is O=C(NC1(C(=O)O)CCCCC1)c1cnccc1Cl. The average Bonchev–Trinajstić information content (AvgIpc) is 2.40. The van der Waals surface area contributed by atoms with E-state index in [0.717, 1.165) is 19.3 Å². The molecule has 1 aromatic heterocycles. The third kappa shape index (κ3) is 2.87.